The van der Waals surface area contributed by atoms with E-state index in [4.69, 9.17) is 9.47 Å². The fraction of sp³-hybridized carbons (Fsp3) is 0.593. The van der Waals surface area contributed by atoms with Crippen molar-refractivity contribution in [1.82, 2.24) is 15.1 Å². The molecule has 1 aromatic carbocycles. The van der Waals surface area contributed by atoms with Crippen LogP contribution in [-0.2, 0) is 25.9 Å². The van der Waals surface area contributed by atoms with Crippen molar-refractivity contribution < 1.29 is 50.5 Å². The van der Waals surface area contributed by atoms with Crippen LogP contribution in [0.5, 0.6) is 11.6 Å². The summed E-state index contributed by atoms with van der Waals surface area (Å²) in [5.74, 6) is -0.315. The highest BCUT2D eigenvalue weighted by Crippen LogP contribution is 2.46. The van der Waals surface area contributed by atoms with Crippen LogP contribution in [0.3, 0.4) is 0 Å². The average molecular weight is 635 g/mol. The highest BCUT2D eigenvalue weighted by molar-refractivity contribution is 7.91. The number of carbonyl (C=O) groups is 2. The van der Waals surface area contributed by atoms with E-state index in [1.54, 1.807) is 20.8 Å². The third kappa shape index (κ3) is 8.10. The monoisotopic (exact) mass is 634 g/mol. The number of alkyl halides is 3. The Hall–Kier alpha value is -3.53. The Bertz CT molecular complexity index is 1440. The molecule has 0 aliphatic carbocycles. The van der Waals surface area contributed by atoms with E-state index in [2.05, 4.69) is 20.5 Å². The minimum atomic E-state index is -4.83. The molecule has 0 saturated heterocycles. The summed E-state index contributed by atoms with van der Waals surface area (Å²) in [6.45, 7) is 7.79. The maximum Gasteiger partial charge on any atom is 0.427 e. The molecule has 0 bridgehead atoms. The molecule has 3 N–H and O–H groups in total. The number of aromatic nitrogens is 2. The molecule has 12 nitrogen and oxygen atoms in total. The van der Waals surface area contributed by atoms with Crippen LogP contribution in [0.4, 0.5) is 23.7 Å². The lowest BCUT2D eigenvalue weighted by Gasteiger charge is -2.36. The largest absolute Gasteiger partial charge is 0.490 e. The van der Waals surface area contributed by atoms with E-state index in [-0.39, 0.29) is 59.7 Å². The first-order chi connectivity index (χ1) is 19.8. The summed E-state index contributed by atoms with van der Waals surface area (Å²) in [4.78, 5) is 23.9. The predicted octanol–water partition coefficient (Wildman–Crippen LogP) is 4.13. The normalized spacial score (nSPS) is 17.4. The van der Waals surface area contributed by atoms with Crippen LogP contribution < -0.4 is 20.1 Å². The topological polar surface area (TPSA) is 158 Å². The molecule has 0 radical (unpaired) electrons. The van der Waals surface area contributed by atoms with Crippen molar-refractivity contribution in [3.63, 3.8) is 0 Å². The molecule has 0 fully saturated rings. The molecule has 2 aromatic rings. The molecule has 0 spiro atoms. The Labute approximate surface area is 247 Å². The second-order valence-corrected chi connectivity index (χ2v) is 13.4. The molecule has 16 heteroatoms. The number of benzene rings is 1. The zero-order valence-corrected chi connectivity index (χ0v) is 25.6. The number of aliphatic hydroxyl groups excluding tert-OH is 1. The molecule has 1 unspecified atom stereocenters. The van der Waals surface area contributed by atoms with Gasteiger partial charge in [-0.05, 0) is 52.8 Å². The lowest BCUT2D eigenvalue weighted by atomic mass is 9.91. The number of amides is 2. The van der Waals surface area contributed by atoms with Gasteiger partial charge >= 0.3 is 12.3 Å². The number of halogens is 3. The molecule has 2 atom stereocenters. The van der Waals surface area contributed by atoms with Crippen molar-refractivity contribution in [2.75, 3.05) is 18.5 Å². The minimum Gasteiger partial charge on any atom is -0.490 e. The van der Waals surface area contributed by atoms with Crippen molar-refractivity contribution in [2.24, 2.45) is 0 Å². The Balaban J connectivity index is 2.05. The van der Waals surface area contributed by atoms with Crippen LogP contribution >= 0.6 is 0 Å². The second kappa shape index (κ2) is 12.6. The number of hydrogen-bond acceptors (Lipinski definition) is 9. The maximum atomic E-state index is 14.2. The molecule has 1 aromatic heterocycles. The molecule has 240 valence electrons. The van der Waals surface area contributed by atoms with E-state index >= 15 is 0 Å². The van der Waals surface area contributed by atoms with Crippen molar-refractivity contribution in [3.8, 4) is 11.6 Å². The number of sulfone groups is 1. The Morgan fingerprint density at radius 1 is 1.21 bits per heavy atom. The SMILES string of the molecule is CCn1cc(S(=O)(=O)C2C[C@H](CC(C)(C)NC(C)=O)Oc3ccc(NC(=O)OC(C)(C)C(F)(F)F)cc32)c(OCCO)n1. The van der Waals surface area contributed by atoms with E-state index in [0.717, 1.165) is 0 Å². The first-order valence-corrected chi connectivity index (χ1v) is 15.1. The molecular weight excluding hydrogens is 597 g/mol. The van der Waals surface area contributed by atoms with E-state index in [1.165, 1.54) is 36.0 Å². The Morgan fingerprint density at radius 3 is 2.47 bits per heavy atom. The first-order valence-electron chi connectivity index (χ1n) is 13.5. The standard InChI is InChI=1S/C27H37F3N4O8S/c1-7-34-15-22(23(33-34)40-11-10-35)43(38,39)21-13-18(14-25(3,4)32-16(2)36)41-20-9-8-17(12-19(20)21)31-24(37)42-26(5,6)27(28,29)30/h8-9,12,15,18,21,35H,7,10-11,13-14H2,1-6H3,(H,31,37)(H,32,36)/t18-,21?/m1/s1. The number of nitrogens with one attached hydrogen (secondary N) is 2. The van der Waals surface area contributed by atoms with Crippen LogP contribution in [0, 0.1) is 0 Å². The van der Waals surface area contributed by atoms with Gasteiger partial charge in [0.15, 0.2) is 9.84 Å². The third-order valence-electron chi connectivity index (χ3n) is 6.69. The van der Waals surface area contributed by atoms with Gasteiger partial charge in [-0.2, -0.15) is 13.2 Å². The highest BCUT2D eigenvalue weighted by atomic mass is 32.2. The van der Waals surface area contributed by atoms with Crippen molar-refractivity contribution >= 4 is 27.5 Å². The fourth-order valence-electron chi connectivity index (χ4n) is 4.67. The van der Waals surface area contributed by atoms with E-state index in [0.29, 0.717) is 20.4 Å². The lowest BCUT2D eigenvalue weighted by Crippen LogP contribution is -2.46. The van der Waals surface area contributed by atoms with Crippen LogP contribution in [0.15, 0.2) is 29.3 Å². The van der Waals surface area contributed by atoms with E-state index in [9.17, 15) is 36.3 Å². The molecule has 1 aliphatic rings. The van der Waals surface area contributed by atoms with Gasteiger partial charge in [0.1, 0.15) is 23.4 Å². The molecule has 0 saturated carbocycles. The zero-order valence-electron chi connectivity index (χ0n) is 24.7. The van der Waals surface area contributed by atoms with Crippen LogP contribution in [-0.4, -0.2) is 71.9 Å². The summed E-state index contributed by atoms with van der Waals surface area (Å²) in [6.07, 6.45) is -5.44. The summed E-state index contributed by atoms with van der Waals surface area (Å²) in [5, 5.41) is 17.2. The predicted molar refractivity (Wildman–Crippen MR) is 149 cm³/mol. The molecule has 2 heterocycles. The number of hydrogen-bond donors (Lipinski definition) is 3. The smallest absolute Gasteiger partial charge is 0.427 e. The number of nitrogens with zero attached hydrogens (tertiary/aromatic N) is 2. The lowest BCUT2D eigenvalue weighted by molar-refractivity contribution is -0.242. The fourth-order valence-corrected chi connectivity index (χ4v) is 6.57. The van der Waals surface area contributed by atoms with Gasteiger partial charge in [-0.1, -0.05) is 0 Å². The van der Waals surface area contributed by atoms with Gasteiger partial charge in [-0.25, -0.2) is 13.2 Å². The first kappa shape index (κ1) is 34.0. The summed E-state index contributed by atoms with van der Waals surface area (Å²) in [7, 11) is -4.28. The number of carbonyl (C=O) groups excluding carboxylic acids is 2. The average Bonchev–Trinajstić information content (AvgIpc) is 3.29. The van der Waals surface area contributed by atoms with Gasteiger partial charge in [0.05, 0.1) is 11.9 Å². The van der Waals surface area contributed by atoms with Crippen molar-refractivity contribution in [3.05, 3.63) is 30.0 Å². The Morgan fingerprint density at radius 2 is 1.88 bits per heavy atom. The number of aliphatic hydroxyl groups is 1. The summed E-state index contributed by atoms with van der Waals surface area (Å²) in [6, 6.07) is 4.04. The maximum absolute atomic E-state index is 14.2. The second-order valence-electron chi connectivity index (χ2n) is 11.3. The quantitative estimate of drug-likeness (QED) is 0.331. The molecule has 1 aliphatic heterocycles. The van der Waals surface area contributed by atoms with Gasteiger partial charge in [0, 0.05) is 49.3 Å². The van der Waals surface area contributed by atoms with Crippen molar-refractivity contribution in [2.45, 2.75) is 94.5 Å². The van der Waals surface area contributed by atoms with Gasteiger partial charge in [-0.15, -0.1) is 5.10 Å². The Kier molecular flexibility index (Phi) is 9.95. The third-order valence-corrected chi connectivity index (χ3v) is 8.78. The molecular formula is C27H37F3N4O8S. The van der Waals surface area contributed by atoms with Crippen molar-refractivity contribution in [1.29, 1.82) is 0 Å². The number of aryl methyl sites for hydroxylation is 1. The van der Waals surface area contributed by atoms with Crippen LogP contribution in [0.1, 0.15) is 65.2 Å². The minimum absolute atomic E-state index is 0.0245. The summed E-state index contributed by atoms with van der Waals surface area (Å²) in [5.41, 5.74) is -3.43. The van der Waals surface area contributed by atoms with Gasteiger partial charge in [-0.3, -0.25) is 14.8 Å². The molecule has 3 rings (SSSR count). The number of ether oxygens (including phenoxy) is 3. The van der Waals surface area contributed by atoms with Gasteiger partial charge in [0.25, 0.3) is 5.88 Å². The molecule has 2 amide bonds. The number of anilines is 1. The zero-order chi connectivity index (χ0) is 32.4. The number of fused-ring (bicyclic) bond motifs is 1. The van der Waals surface area contributed by atoms with Crippen LogP contribution in [0.2, 0.25) is 0 Å². The number of rotatable bonds is 11. The van der Waals surface area contributed by atoms with E-state index < -0.39 is 44.6 Å². The highest BCUT2D eigenvalue weighted by Gasteiger charge is 2.51. The van der Waals surface area contributed by atoms with Crippen LogP contribution in [0.25, 0.3) is 0 Å². The summed E-state index contributed by atoms with van der Waals surface area (Å²) >= 11 is 0. The summed E-state index contributed by atoms with van der Waals surface area (Å²) < 4.78 is 85.6. The van der Waals surface area contributed by atoms with Gasteiger partial charge in [0.2, 0.25) is 11.5 Å². The van der Waals surface area contributed by atoms with Gasteiger partial charge < -0.3 is 24.6 Å². The van der Waals surface area contributed by atoms with E-state index in [1.807, 2.05) is 0 Å². The molecule has 43 heavy (non-hydrogen) atoms.